The van der Waals surface area contributed by atoms with E-state index in [0.717, 1.165) is 0 Å². The van der Waals surface area contributed by atoms with Gasteiger partial charge in [-0.05, 0) is 10.8 Å². The van der Waals surface area contributed by atoms with Crippen molar-refractivity contribution >= 4 is 11.9 Å². The lowest BCUT2D eigenvalue weighted by atomic mass is 10.0. The molecule has 0 spiro atoms. The molecule has 0 atom stereocenters. The molecular formula is C10H19N3O2. The highest BCUT2D eigenvalue weighted by molar-refractivity contribution is 5.94. The van der Waals surface area contributed by atoms with Gasteiger partial charge in [0.1, 0.15) is 0 Å². The van der Waals surface area contributed by atoms with Crippen molar-refractivity contribution in [2.45, 2.75) is 33.7 Å². The zero-order valence-electron chi connectivity index (χ0n) is 9.68. The van der Waals surface area contributed by atoms with Crippen molar-refractivity contribution in [2.75, 3.05) is 6.54 Å². The van der Waals surface area contributed by atoms with Crippen LogP contribution in [0.5, 0.6) is 0 Å². The Hall–Kier alpha value is -1.10. The van der Waals surface area contributed by atoms with Crippen molar-refractivity contribution < 1.29 is 9.59 Å². The first kappa shape index (κ1) is 12.0. The molecule has 0 aliphatic heterocycles. The van der Waals surface area contributed by atoms with Crippen LogP contribution in [0.1, 0.15) is 27.7 Å². The number of carbonyl (C=O) groups excluding carboxylic acids is 2. The van der Waals surface area contributed by atoms with Crippen molar-refractivity contribution in [1.29, 1.82) is 0 Å². The Morgan fingerprint density at radius 3 is 2.00 bits per heavy atom. The summed E-state index contributed by atoms with van der Waals surface area (Å²) in [5, 5.41) is 5.14. The van der Waals surface area contributed by atoms with Crippen molar-refractivity contribution in [3.05, 3.63) is 0 Å². The Morgan fingerprint density at radius 1 is 1.20 bits per heavy atom. The van der Waals surface area contributed by atoms with Crippen molar-refractivity contribution in [3.63, 3.8) is 0 Å². The van der Waals surface area contributed by atoms with Gasteiger partial charge in [0.25, 0.3) is 0 Å². The first-order chi connectivity index (χ1) is 6.69. The number of hydrogen-bond acceptors (Lipinski definition) is 3. The molecule has 5 heteroatoms. The number of nitrogens with one attached hydrogen (secondary N) is 2. The van der Waals surface area contributed by atoms with Crippen LogP contribution in [0.3, 0.4) is 0 Å². The van der Waals surface area contributed by atoms with Gasteiger partial charge in [0, 0.05) is 6.04 Å². The molecule has 1 fully saturated rings. The minimum absolute atomic E-state index is 0.125. The summed E-state index contributed by atoms with van der Waals surface area (Å²) in [6.45, 7) is 8.72. The summed E-state index contributed by atoms with van der Waals surface area (Å²) in [4.78, 5) is 21.5. The average molecular weight is 213 g/mol. The molecule has 0 aromatic rings. The van der Waals surface area contributed by atoms with E-state index in [4.69, 9.17) is 5.73 Å². The molecule has 1 saturated carbocycles. The maximum absolute atomic E-state index is 11.1. The van der Waals surface area contributed by atoms with Gasteiger partial charge in [-0.1, -0.05) is 27.7 Å². The van der Waals surface area contributed by atoms with Crippen molar-refractivity contribution in [1.82, 2.24) is 10.6 Å². The molecule has 0 heterocycles. The molecule has 0 saturated heterocycles. The van der Waals surface area contributed by atoms with E-state index in [1.807, 2.05) is 5.32 Å². The van der Waals surface area contributed by atoms with Gasteiger partial charge in [-0.3, -0.25) is 10.1 Å². The van der Waals surface area contributed by atoms with Gasteiger partial charge in [0.05, 0.1) is 6.54 Å². The van der Waals surface area contributed by atoms with Gasteiger partial charge in [-0.25, -0.2) is 4.79 Å². The number of rotatable bonds is 3. The van der Waals surface area contributed by atoms with Crippen LogP contribution in [0.15, 0.2) is 0 Å². The molecule has 5 nitrogen and oxygen atoms in total. The summed E-state index contributed by atoms with van der Waals surface area (Å²) in [5.41, 5.74) is 5.18. The lowest BCUT2D eigenvalue weighted by Gasteiger charge is -2.05. The first-order valence-electron chi connectivity index (χ1n) is 5.02. The second kappa shape index (κ2) is 3.48. The monoisotopic (exact) mass is 213 g/mol. The summed E-state index contributed by atoms with van der Waals surface area (Å²) in [6, 6.07) is -0.514. The Morgan fingerprint density at radius 2 is 1.67 bits per heavy atom. The maximum atomic E-state index is 11.1. The molecule has 0 aromatic carbocycles. The average Bonchev–Trinajstić information content (AvgIpc) is 2.38. The van der Waals surface area contributed by atoms with Crippen LogP contribution in [0.2, 0.25) is 0 Å². The summed E-state index contributed by atoms with van der Waals surface area (Å²) >= 11 is 0. The summed E-state index contributed by atoms with van der Waals surface area (Å²) in [7, 11) is 0. The van der Waals surface area contributed by atoms with E-state index in [1.54, 1.807) is 0 Å². The SMILES string of the molecule is CC1(C)C(NCC(=O)NC(N)=O)C1(C)C. The Balaban J connectivity index is 2.35. The minimum atomic E-state index is -0.809. The zero-order valence-corrected chi connectivity index (χ0v) is 9.68. The highest BCUT2D eigenvalue weighted by Gasteiger charge is 2.64. The van der Waals surface area contributed by atoms with Gasteiger partial charge < -0.3 is 11.1 Å². The number of urea groups is 1. The quantitative estimate of drug-likeness (QED) is 0.626. The summed E-state index contributed by atoms with van der Waals surface area (Å²) in [5.74, 6) is -0.388. The number of imide groups is 1. The molecule has 0 bridgehead atoms. The standard InChI is InChI=1S/C10H19N3O2/c1-9(2)7(10(9,3)4)12-5-6(14)13-8(11)15/h7,12H,5H2,1-4H3,(H3,11,13,14,15). The summed E-state index contributed by atoms with van der Waals surface area (Å²) < 4.78 is 0. The van der Waals surface area contributed by atoms with Gasteiger partial charge in [0.2, 0.25) is 5.91 Å². The van der Waals surface area contributed by atoms with Gasteiger partial charge in [-0.2, -0.15) is 0 Å². The predicted molar refractivity (Wildman–Crippen MR) is 57.1 cm³/mol. The van der Waals surface area contributed by atoms with Crippen LogP contribution in [0, 0.1) is 10.8 Å². The second-order valence-electron chi connectivity index (χ2n) is 5.17. The largest absolute Gasteiger partial charge is 0.351 e. The number of nitrogens with two attached hydrogens (primary N) is 1. The lowest BCUT2D eigenvalue weighted by Crippen LogP contribution is -2.41. The van der Waals surface area contributed by atoms with E-state index in [-0.39, 0.29) is 23.3 Å². The van der Waals surface area contributed by atoms with Crippen LogP contribution in [0.4, 0.5) is 4.79 Å². The normalized spacial score (nSPS) is 22.1. The number of primary amides is 1. The van der Waals surface area contributed by atoms with E-state index in [9.17, 15) is 9.59 Å². The van der Waals surface area contributed by atoms with E-state index in [0.29, 0.717) is 6.04 Å². The smallest absolute Gasteiger partial charge is 0.318 e. The van der Waals surface area contributed by atoms with Crippen LogP contribution in [-0.4, -0.2) is 24.5 Å². The van der Waals surface area contributed by atoms with Crippen LogP contribution in [-0.2, 0) is 4.79 Å². The Labute approximate surface area is 89.8 Å². The highest BCUT2D eigenvalue weighted by atomic mass is 16.2. The third-order valence-electron chi connectivity index (χ3n) is 3.75. The van der Waals surface area contributed by atoms with E-state index in [2.05, 4.69) is 33.0 Å². The van der Waals surface area contributed by atoms with Gasteiger partial charge >= 0.3 is 6.03 Å². The molecule has 3 amide bonds. The van der Waals surface area contributed by atoms with Gasteiger partial charge in [0.15, 0.2) is 0 Å². The number of carbonyl (C=O) groups is 2. The first-order valence-corrected chi connectivity index (χ1v) is 5.02. The predicted octanol–water partition coefficient (Wildman–Crippen LogP) is 0.206. The van der Waals surface area contributed by atoms with E-state index in [1.165, 1.54) is 0 Å². The summed E-state index contributed by atoms with van der Waals surface area (Å²) in [6.07, 6.45) is 0. The molecule has 1 aliphatic rings. The topological polar surface area (TPSA) is 84.2 Å². The fourth-order valence-corrected chi connectivity index (χ4v) is 2.08. The fourth-order valence-electron chi connectivity index (χ4n) is 2.08. The molecular weight excluding hydrogens is 194 g/mol. The van der Waals surface area contributed by atoms with Crippen LogP contribution in [0.25, 0.3) is 0 Å². The zero-order chi connectivity index (χ0) is 11.9. The fraction of sp³-hybridized carbons (Fsp3) is 0.800. The highest BCUT2D eigenvalue weighted by Crippen LogP contribution is 2.62. The molecule has 15 heavy (non-hydrogen) atoms. The van der Waals surface area contributed by atoms with Crippen molar-refractivity contribution in [2.24, 2.45) is 16.6 Å². The van der Waals surface area contributed by atoms with E-state index < -0.39 is 6.03 Å². The third-order valence-corrected chi connectivity index (χ3v) is 3.75. The number of hydrogen-bond donors (Lipinski definition) is 3. The van der Waals surface area contributed by atoms with Crippen molar-refractivity contribution in [3.8, 4) is 0 Å². The third kappa shape index (κ3) is 2.12. The Bertz CT molecular complexity index is 283. The number of amides is 3. The molecule has 86 valence electrons. The molecule has 0 aromatic heterocycles. The van der Waals surface area contributed by atoms with Gasteiger partial charge in [-0.15, -0.1) is 0 Å². The molecule has 0 radical (unpaired) electrons. The van der Waals surface area contributed by atoms with Crippen LogP contribution >= 0.6 is 0 Å². The molecule has 0 unspecified atom stereocenters. The molecule has 4 N–H and O–H groups in total. The van der Waals surface area contributed by atoms with Crippen LogP contribution < -0.4 is 16.4 Å². The second-order valence-corrected chi connectivity index (χ2v) is 5.17. The minimum Gasteiger partial charge on any atom is -0.351 e. The lowest BCUT2D eigenvalue weighted by molar-refractivity contribution is -0.119. The van der Waals surface area contributed by atoms with E-state index >= 15 is 0 Å². The maximum Gasteiger partial charge on any atom is 0.318 e. The Kier molecular flexibility index (Phi) is 2.78. The molecule has 1 rings (SSSR count). The molecule has 1 aliphatic carbocycles.